The van der Waals surface area contributed by atoms with E-state index in [0.717, 1.165) is 16.9 Å². The molecule has 184 valence electrons. The zero-order chi connectivity index (χ0) is 25.7. The summed E-state index contributed by atoms with van der Waals surface area (Å²) in [7, 11) is 0. The summed E-state index contributed by atoms with van der Waals surface area (Å²) in [6.07, 6.45) is 0.726. The molecule has 1 atom stereocenters. The van der Waals surface area contributed by atoms with E-state index in [1.807, 2.05) is 20.8 Å². The predicted octanol–water partition coefficient (Wildman–Crippen LogP) is 3.82. The van der Waals surface area contributed by atoms with Gasteiger partial charge in [-0.2, -0.15) is 4.37 Å². The van der Waals surface area contributed by atoms with Crippen LogP contribution < -0.4 is 21.7 Å². The number of nitrogens with two attached hydrogens (primary N) is 2. The number of aromatic nitrogens is 1. The van der Waals surface area contributed by atoms with Crippen LogP contribution in [-0.4, -0.2) is 28.6 Å². The summed E-state index contributed by atoms with van der Waals surface area (Å²) in [6, 6.07) is 11.5. The minimum atomic E-state index is -1.22. The number of carbonyl (C=O) groups is 3. The fourth-order valence-electron chi connectivity index (χ4n) is 3.50. The van der Waals surface area contributed by atoms with Crippen LogP contribution in [0, 0.1) is 18.7 Å². The van der Waals surface area contributed by atoms with E-state index in [9.17, 15) is 14.4 Å². The van der Waals surface area contributed by atoms with E-state index in [0.29, 0.717) is 29.6 Å². The van der Waals surface area contributed by atoms with Gasteiger partial charge in [0, 0.05) is 6.54 Å². The van der Waals surface area contributed by atoms with Crippen molar-refractivity contribution in [1.29, 1.82) is 0 Å². The van der Waals surface area contributed by atoms with E-state index in [4.69, 9.17) is 11.5 Å². The number of benzene rings is 2. The Balaban J connectivity index is 2.17. The number of anilines is 2. The quantitative estimate of drug-likeness (QED) is 0.414. The van der Waals surface area contributed by atoms with E-state index in [2.05, 4.69) is 9.69 Å². The van der Waals surface area contributed by atoms with Crippen LogP contribution in [0.25, 0.3) is 0 Å². The minimum Gasteiger partial charge on any atom is -0.395 e. The van der Waals surface area contributed by atoms with Crippen molar-refractivity contribution < 1.29 is 18.8 Å². The van der Waals surface area contributed by atoms with Crippen molar-refractivity contribution >= 4 is 40.6 Å². The Labute approximate surface area is 207 Å². The molecule has 0 saturated heterocycles. The summed E-state index contributed by atoms with van der Waals surface area (Å²) >= 11 is 0.669. The Morgan fingerprint density at radius 3 is 2.34 bits per heavy atom. The molecule has 0 fully saturated rings. The highest BCUT2D eigenvalue weighted by Gasteiger charge is 2.37. The van der Waals surface area contributed by atoms with Crippen molar-refractivity contribution in [3.63, 3.8) is 0 Å². The Hall–Kier alpha value is -3.79. The summed E-state index contributed by atoms with van der Waals surface area (Å²) in [6.45, 7) is 6.33. The second kappa shape index (κ2) is 11.1. The van der Waals surface area contributed by atoms with Crippen LogP contribution >= 0.6 is 11.5 Å². The van der Waals surface area contributed by atoms with Crippen molar-refractivity contribution in [1.82, 2.24) is 9.69 Å². The average molecular weight is 498 g/mol. The number of nitrogen functional groups attached to an aromatic ring is 1. The van der Waals surface area contributed by atoms with Gasteiger partial charge in [0.25, 0.3) is 11.8 Å². The molecule has 5 N–H and O–H groups in total. The maximum absolute atomic E-state index is 15.1. The average Bonchev–Trinajstić information content (AvgIpc) is 3.20. The number of rotatable bonds is 9. The number of hydrogen-bond acceptors (Lipinski definition) is 6. The zero-order valence-corrected chi connectivity index (χ0v) is 20.6. The Morgan fingerprint density at radius 1 is 1.11 bits per heavy atom. The molecule has 0 radical (unpaired) electrons. The molecule has 2 aromatic carbocycles. The molecule has 0 spiro atoms. The van der Waals surface area contributed by atoms with E-state index < -0.39 is 29.6 Å². The number of nitrogens with zero attached hydrogens (tertiary/aromatic N) is 2. The van der Waals surface area contributed by atoms with Gasteiger partial charge in [-0.15, -0.1) is 0 Å². The van der Waals surface area contributed by atoms with Crippen molar-refractivity contribution in [3.05, 3.63) is 76.0 Å². The number of amides is 3. The molecule has 0 aliphatic carbocycles. The number of aryl methyl sites for hydroxylation is 1. The minimum absolute atomic E-state index is 0.115. The van der Waals surface area contributed by atoms with Crippen LogP contribution in [0.5, 0.6) is 0 Å². The fraction of sp³-hybridized carbons (Fsp3) is 0.280. The Bertz CT molecular complexity index is 1230. The normalized spacial score (nSPS) is 11.8. The van der Waals surface area contributed by atoms with Gasteiger partial charge in [-0.05, 0) is 48.5 Å². The van der Waals surface area contributed by atoms with Crippen molar-refractivity contribution in [2.45, 2.75) is 33.2 Å². The van der Waals surface area contributed by atoms with Crippen molar-refractivity contribution in [3.8, 4) is 0 Å². The first kappa shape index (κ1) is 25.8. The van der Waals surface area contributed by atoms with Crippen LogP contribution in [0.4, 0.5) is 15.8 Å². The van der Waals surface area contributed by atoms with Crippen LogP contribution in [0.3, 0.4) is 0 Å². The predicted molar refractivity (Wildman–Crippen MR) is 135 cm³/mol. The van der Waals surface area contributed by atoms with Gasteiger partial charge in [0.2, 0.25) is 5.91 Å². The molecular formula is C25H28FN5O3S. The van der Waals surface area contributed by atoms with E-state index in [1.165, 1.54) is 18.2 Å². The van der Waals surface area contributed by atoms with E-state index >= 15 is 4.39 Å². The standard InChI is InChI=1S/C25H28FN5O3S/c1-14(2)12-13-29-24(33)21(16-10-8-15(3)9-11-16)31(18-7-5-4-6-17(18)26)25(34)22-19(27)20(23(28)32)30-35-22/h4-11,14,21H,12-13,27H2,1-3H3,(H2,28,32)(H,29,33). The number of nitrogens with one attached hydrogen (secondary N) is 1. The maximum atomic E-state index is 15.1. The second-order valence-corrected chi connectivity index (χ2v) is 9.32. The van der Waals surface area contributed by atoms with Crippen LogP contribution in [0.15, 0.2) is 48.5 Å². The molecule has 0 aliphatic heterocycles. The van der Waals surface area contributed by atoms with Gasteiger partial charge >= 0.3 is 0 Å². The SMILES string of the molecule is Cc1ccc(C(C(=O)NCCC(C)C)N(C(=O)c2snc(C(N)=O)c2N)c2ccccc2F)cc1. The topological polar surface area (TPSA) is 131 Å². The third-order valence-electron chi connectivity index (χ3n) is 5.41. The van der Waals surface area contributed by atoms with Crippen molar-refractivity contribution in [2.75, 3.05) is 17.2 Å². The molecule has 1 aromatic heterocycles. The van der Waals surface area contributed by atoms with E-state index in [1.54, 1.807) is 30.3 Å². The molecule has 0 saturated carbocycles. The summed E-state index contributed by atoms with van der Waals surface area (Å²) in [5.74, 6) is -2.50. The number of carbonyl (C=O) groups excluding carboxylic acids is 3. The molecule has 35 heavy (non-hydrogen) atoms. The highest BCUT2D eigenvalue weighted by atomic mass is 32.1. The highest BCUT2D eigenvalue weighted by molar-refractivity contribution is 7.09. The molecule has 3 rings (SSSR count). The van der Waals surface area contributed by atoms with Gasteiger partial charge in [-0.1, -0.05) is 55.8 Å². The van der Waals surface area contributed by atoms with Gasteiger partial charge in [-0.25, -0.2) is 4.39 Å². The molecule has 10 heteroatoms. The first-order valence-corrected chi connectivity index (χ1v) is 11.9. The lowest BCUT2D eigenvalue weighted by molar-refractivity contribution is -0.122. The van der Waals surface area contributed by atoms with Gasteiger partial charge in [-0.3, -0.25) is 19.3 Å². The monoisotopic (exact) mass is 497 g/mol. The van der Waals surface area contributed by atoms with Gasteiger partial charge < -0.3 is 16.8 Å². The molecule has 0 aliphatic rings. The summed E-state index contributed by atoms with van der Waals surface area (Å²) < 4.78 is 19.0. The van der Waals surface area contributed by atoms with Gasteiger partial charge in [0.1, 0.15) is 16.7 Å². The number of hydrogen-bond donors (Lipinski definition) is 3. The summed E-state index contributed by atoms with van der Waals surface area (Å²) in [4.78, 5) is 40.0. The molecule has 0 bridgehead atoms. The lowest BCUT2D eigenvalue weighted by Crippen LogP contribution is -2.44. The Kier molecular flexibility index (Phi) is 8.18. The molecule has 1 heterocycles. The summed E-state index contributed by atoms with van der Waals surface area (Å²) in [5.41, 5.74) is 12.2. The third kappa shape index (κ3) is 5.83. The molecule has 8 nitrogen and oxygen atoms in total. The van der Waals surface area contributed by atoms with Crippen LogP contribution in [0.1, 0.15) is 57.6 Å². The second-order valence-electron chi connectivity index (χ2n) is 8.55. The maximum Gasteiger partial charge on any atom is 0.273 e. The van der Waals surface area contributed by atoms with E-state index in [-0.39, 0.29) is 21.9 Å². The Morgan fingerprint density at radius 2 is 1.77 bits per heavy atom. The summed E-state index contributed by atoms with van der Waals surface area (Å²) in [5, 5.41) is 2.87. The van der Waals surface area contributed by atoms with Crippen LogP contribution in [0.2, 0.25) is 0 Å². The van der Waals surface area contributed by atoms with Gasteiger partial charge in [0.15, 0.2) is 5.69 Å². The first-order valence-electron chi connectivity index (χ1n) is 11.1. The lowest BCUT2D eigenvalue weighted by atomic mass is 10.0. The number of primary amides is 1. The van der Waals surface area contributed by atoms with Crippen LogP contribution in [-0.2, 0) is 4.79 Å². The molecule has 3 aromatic rings. The molecule has 3 amide bonds. The number of halogens is 1. The largest absolute Gasteiger partial charge is 0.395 e. The zero-order valence-electron chi connectivity index (χ0n) is 19.7. The molecule has 1 unspecified atom stereocenters. The smallest absolute Gasteiger partial charge is 0.273 e. The van der Waals surface area contributed by atoms with Crippen molar-refractivity contribution in [2.24, 2.45) is 11.7 Å². The first-order chi connectivity index (χ1) is 16.6. The molecular weight excluding hydrogens is 469 g/mol. The fourth-order valence-corrected chi connectivity index (χ4v) is 4.24. The highest BCUT2D eigenvalue weighted by Crippen LogP contribution is 2.34. The number of para-hydroxylation sites is 1. The van der Waals surface area contributed by atoms with Gasteiger partial charge in [0.05, 0.1) is 11.4 Å². The third-order valence-corrected chi connectivity index (χ3v) is 6.26. The lowest BCUT2D eigenvalue weighted by Gasteiger charge is -2.31.